The molecule has 0 aliphatic carbocycles. The average Bonchev–Trinajstić information content (AvgIpc) is 2.17. The van der Waals surface area contributed by atoms with Crippen molar-refractivity contribution in [3.8, 4) is 5.75 Å². The third-order valence-electron chi connectivity index (χ3n) is 2.19. The molecule has 0 spiro atoms. The van der Waals surface area contributed by atoms with Crippen molar-refractivity contribution in [2.45, 2.75) is 25.8 Å². The number of hydrogen-bond acceptors (Lipinski definition) is 2. The molecule has 15 heavy (non-hydrogen) atoms. The van der Waals surface area contributed by atoms with Gasteiger partial charge in [0.15, 0.2) is 0 Å². The van der Waals surface area contributed by atoms with Gasteiger partial charge in [0.1, 0.15) is 5.75 Å². The maximum Gasteiger partial charge on any atom is 0.124 e. The van der Waals surface area contributed by atoms with Crippen LogP contribution < -0.4 is 10.5 Å². The average molecular weight is 295 g/mol. The first-order valence-corrected chi connectivity index (χ1v) is 5.57. The minimum atomic E-state index is 0. The van der Waals surface area contributed by atoms with E-state index in [-0.39, 0.29) is 18.4 Å². The van der Waals surface area contributed by atoms with Gasteiger partial charge in [0.05, 0.1) is 7.11 Å². The molecule has 1 rings (SSSR count). The molecular formula is C11H17BrClNO. The lowest BCUT2D eigenvalue weighted by atomic mass is 10.0. The normalized spacial score (nSPS) is 11.7. The van der Waals surface area contributed by atoms with E-state index in [1.165, 1.54) is 0 Å². The Morgan fingerprint density at radius 2 is 2.13 bits per heavy atom. The Bertz CT molecular complexity index is 307. The summed E-state index contributed by atoms with van der Waals surface area (Å²) in [4.78, 5) is 0. The maximum atomic E-state index is 6.04. The highest BCUT2D eigenvalue weighted by atomic mass is 79.9. The fourth-order valence-corrected chi connectivity index (χ4v) is 1.80. The largest absolute Gasteiger partial charge is 0.496 e. The fraction of sp³-hybridized carbons (Fsp3) is 0.455. The van der Waals surface area contributed by atoms with Crippen molar-refractivity contribution in [1.82, 2.24) is 0 Å². The Morgan fingerprint density at radius 1 is 1.47 bits per heavy atom. The van der Waals surface area contributed by atoms with E-state index in [1.807, 2.05) is 18.2 Å². The lowest BCUT2D eigenvalue weighted by Gasteiger charge is -2.15. The SMILES string of the molecule is CCC[C@H](N)c1ccc(Br)cc1OC.Cl. The van der Waals surface area contributed by atoms with Gasteiger partial charge in [-0.2, -0.15) is 0 Å². The Hall–Kier alpha value is -0.250. The van der Waals surface area contributed by atoms with E-state index in [4.69, 9.17) is 10.5 Å². The number of ether oxygens (including phenoxy) is 1. The second kappa shape index (κ2) is 7.09. The van der Waals surface area contributed by atoms with Crippen LogP contribution in [0.25, 0.3) is 0 Å². The van der Waals surface area contributed by atoms with E-state index >= 15 is 0 Å². The molecule has 0 saturated carbocycles. The zero-order valence-electron chi connectivity index (χ0n) is 9.00. The molecule has 0 radical (unpaired) electrons. The summed E-state index contributed by atoms with van der Waals surface area (Å²) in [6.07, 6.45) is 2.07. The quantitative estimate of drug-likeness (QED) is 0.919. The summed E-state index contributed by atoms with van der Waals surface area (Å²) < 4.78 is 6.30. The predicted molar refractivity (Wildman–Crippen MR) is 69.8 cm³/mol. The first-order valence-electron chi connectivity index (χ1n) is 4.78. The molecule has 0 aliphatic heterocycles. The number of benzene rings is 1. The summed E-state index contributed by atoms with van der Waals surface area (Å²) in [7, 11) is 1.67. The Kier molecular flexibility index (Phi) is 6.98. The molecule has 0 aromatic heterocycles. The molecule has 0 amide bonds. The molecule has 4 heteroatoms. The molecule has 0 bridgehead atoms. The van der Waals surface area contributed by atoms with Gasteiger partial charge in [-0.15, -0.1) is 12.4 Å². The van der Waals surface area contributed by atoms with Crippen molar-refractivity contribution in [3.05, 3.63) is 28.2 Å². The van der Waals surface area contributed by atoms with Gasteiger partial charge in [0, 0.05) is 16.1 Å². The van der Waals surface area contributed by atoms with Crippen molar-refractivity contribution >= 4 is 28.3 Å². The zero-order valence-corrected chi connectivity index (χ0v) is 11.4. The van der Waals surface area contributed by atoms with E-state index in [1.54, 1.807) is 7.11 Å². The van der Waals surface area contributed by atoms with Crippen LogP contribution in [0, 0.1) is 0 Å². The first kappa shape index (κ1) is 14.8. The maximum absolute atomic E-state index is 6.04. The minimum Gasteiger partial charge on any atom is -0.496 e. The number of halogens is 2. The van der Waals surface area contributed by atoms with Gasteiger partial charge >= 0.3 is 0 Å². The smallest absolute Gasteiger partial charge is 0.124 e. The second-order valence-corrected chi connectivity index (χ2v) is 4.20. The molecule has 0 unspecified atom stereocenters. The summed E-state index contributed by atoms with van der Waals surface area (Å²) in [6.45, 7) is 2.13. The zero-order chi connectivity index (χ0) is 10.6. The lowest BCUT2D eigenvalue weighted by Crippen LogP contribution is -2.11. The molecule has 0 fully saturated rings. The standard InChI is InChI=1S/C11H16BrNO.ClH/c1-3-4-10(13)9-6-5-8(12)7-11(9)14-2;/h5-7,10H,3-4,13H2,1-2H3;1H/t10-;/m0./s1. The van der Waals surface area contributed by atoms with Crippen LogP contribution in [0.2, 0.25) is 0 Å². The van der Waals surface area contributed by atoms with E-state index < -0.39 is 0 Å². The van der Waals surface area contributed by atoms with Gasteiger partial charge in [0.2, 0.25) is 0 Å². The van der Waals surface area contributed by atoms with Crippen LogP contribution >= 0.6 is 28.3 Å². The van der Waals surface area contributed by atoms with E-state index in [2.05, 4.69) is 22.9 Å². The molecular weight excluding hydrogens is 277 g/mol. The van der Waals surface area contributed by atoms with Crippen LogP contribution in [0.5, 0.6) is 5.75 Å². The van der Waals surface area contributed by atoms with Crippen LogP contribution in [-0.4, -0.2) is 7.11 Å². The van der Waals surface area contributed by atoms with Crippen LogP contribution in [0.15, 0.2) is 22.7 Å². The summed E-state index contributed by atoms with van der Waals surface area (Å²) in [6, 6.07) is 6.03. The van der Waals surface area contributed by atoms with Gasteiger partial charge in [0.25, 0.3) is 0 Å². The topological polar surface area (TPSA) is 35.2 Å². The Balaban J connectivity index is 0.00000196. The van der Waals surface area contributed by atoms with Gasteiger partial charge in [-0.25, -0.2) is 0 Å². The molecule has 86 valence electrons. The van der Waals surface area contributed by atoms with Gasteiger partial charge in [-0.05, 0) is 18.6 Å². The predicted octanol–water partition coefficient (Wildman–Crippen LogP) is 3.68. The summed E-state index contributed by atoms with van der Waals surface area (Å²) in [5.74, 6) is 0.861. The van der Waals surface area contributed by atoms with Crippen LogP contribution in [0.4, 0.5) is 0 Å². The molecule has 1 aromatic carbocycles. The number of rotatable bonds is 4. The number of nitrogens with two attached hydrogens (primary N) is 1. The molecule has 1 atom stereocenters. The van der Waals surface area contributed by atoms with Crippen molar-refractivity contribution < 1.29 is 4.74 Å². The van der Waals surface area contributed by atoms with Crippen LogP contribution in [0.1, 0.15) is 31.4 Å². The van der Waals surface area contributed by atoms with Crippen molar-refractivity contribution in [3.63, 3.8) is 0 Å². The summed E-state index contributed by atoms with van der Waals surface area (Å²) >= 11 is 3.40. The minimum absolute atomic E-state index is 0. The molecule has 2 nitrogen and oxygen atoms in total. The van der Waals surface area contributed by atoms with E-state index in [0.717, 1.165) is 28.6 Å². The Morgan fingerprint density at radius 3 is 2.67 bits per heavy atom. The molecule has 0 saturated heterocycles. The first-order chi connectivity index (χ1) is 6.69. The highest BCUT2D eigenvalue weighted by Gasteiger charge is 2.10. The van der Waals surface area contributed by atoms with Gasteiger partial charge in [-0.1, -0.05) is 35.3 Å². The van der Waals surface area contributed by atoms with Crippen molar-refractivity contribution in [2.75, 3.05) is 7.11 Å². The molecule has 2 N–H and O–H groups in total. The van der Waals surface area contributed by atoms with Crippen LogP contribution in [0.3, 0.4) is 0 Å². The number of methoxy groups -OCH3 is 1. The van der Waals surface area contributed by atoms with Crippen molar-refractivity contribution in [1.29, 1.82) is 0 Å². The number of hydrogen-bond donors (Lipinski definition) is 1. The van der Waals surface area contributed by atoms with E-state index in [0.29, 0.717) is 0 Å². The van der Waals surface area contributed by atoms with E-state index in [9.17, 15) is 0 Å². The summed E-state index contributed by atoms with van der Waals surface area (Å²) in [5, 5.41) is 0. The highest BCUT2D eigenvalue weighted by molar-refractivity contribution is 9.10. The second-order valence-electron chi connectivity index (χ2n) is 3.28. The van der Waals surface area contributed by atoms with Crippen molar-refractivity contribution in [2.24, 2.45) is 5.73 Å². The Labute approximate surface area is 106 Å². The highest BCUT2D eigenvalue weighted by Crippen LogP contribution is 2.29. The summed E-state index contributed by atoms with van der Waals surface area (Å²) in [5.41, 5.74) is 7.12. The van der Waals surface area contributed by atoms with Crippen LogP contribution in [-0.2, 0) is 0 Å². The fourth-order valence-electron chi connectivity index (χ4n) is 1.46. The lowest BCUT2D eigenvalue weighted by molar-refractivity contribution is 0.403. The third kappa shape index (κ3) is 4.01. The molecule has 1 aromatic rings. The van der Waals surface area contributed by atoms with Gasteiger partial charge < -0.3 is 10.5 Å². The third-order valence-corrected chi connectivity index (χ3v) is 2.69. The monoisotopic (exact) mass is 293 g/mol. The van der Waals surface area contributed by atoms with Gasteiger partial charge in [-0.3, -0.25) is 0 Å². The molecule has 0 aliphatic rings. The molecule has 0 heterocycles.